The van der Waals surface area contributed by atoms with Crippen molar-refractivity contribution in [2.24, 2.45) is 0 Å². The molecule has 2 aliphatic heterocycles. The summed E-state index contributed by atoms with van der Waals surface area (Å²) in [5.41, 5.74) is -0.533. The Morgan fingerprint density at radius 1 is 1.32 bits per heavy atom. The van der Waals surface area contributed by atoms with Crippen molar-refractivity contribution in [3.8, 4) is 0 Å². The molecule has 1 aromatic carbocycles. The topological polar surface area (TPSA) is 88.1 Å². The first-order valence-corrected chi connectivity index (χ1v) is 8.23. The first-order valence-electron chi connectivity index (χ1n) is 8.23. The van der Waals surface area contributed by atoms with Crippen molar-refractivity contribution < 1.29 is 28.6 Å². The zero-order valence-electron chi connectivity index (χ0n) is 13.7. The average Bonchev–Trinajstić information content (AvgIpc) is 2.81. The standard InChI is InChI=1S/C17H21FN2O5/c18-14-4-2-1-3-12(14)10-25-11-13(21)9-20-15(22)17(19-16(20)23)5-7-24-8-6-17/h1-4,13,21H,5-11H2,(H,19,23). The van der Waals surface area contributed by atoms with Gasteiger partial charge in [0.1, 0.15) is 11.4 Å². The fourth-order valence-electron chi connectivity index (χ4n) is 3.08. The van der Waals surface area contributed by atoms with Gasteiger partial charge in [-0.3, -0.25) is 9.69 Å². The molecule has 1 aromatic rings. The Kier molecular flexibility index (Phi) is 5.31. The Morgan fingerprint density at radius 3 is 2.76 bits per heavy atom. The van der Waals surface area contributed by atoms with Crippen molar-refractivity contribution in [1.29, 1.82) is 0 Å². The van der Waals surface area contributed by atoms with Crippen molar-refractivity contribution in [3.05, 3.63) is 35.6 Å². The first kappa shape index (κ1) is 17.8. The number of imide groups is 1. The third kappa shape index (κ3) is 3.81. The van der Waals surface area contributed by atoms with E-state index in [-0.39, 0.29) is 31.5 Å². The lowest BCUT2D eigenvalue weighted by molar-refractivity contribution is -0.135. The van der Waals surface area contributed by atoms with Crippen LogP contribution in [0.5, 0.6) is 0 Å². The number of hydrogen-bond acceptors (Lipinski definition) is 5. The highest BCUT2D eigenvalue weighted by atomic mass is 19.1. The van der Waals surface area contributed by atoms with Gasteiger partial charge in [0.15, 0.2) is 0 Å². The third-order valence-corrected chi connectivity index (χ3v) is 4.51. The van der Waals surface area contributed by atoms with Crippen molar-refractivity contribution in [2.45, 2.75) is 31.1 Å². The van der Waals surface area contributed by atoms with Crippen LogP contribution in [-0.2, 0) is 20.9 Å². The van der Waals surface area contributed by atoms with Gasteiger partial charge in [0.05, 0.1) is 25.9 Å². The molecule has 7 nitrogen and oxygen atoms in total. The molecular formula is C17H21FN2O5. The number of hydrogen-bond donors (Lipinski definition) is 2. The molecule has 0 bridgehead atoms. The quantitative estimate of drug-likeness (QED) is 0.740. The summed E-state index contributed by atoms with van der Waals surface area (Å²) in [6.45, 7) is 0.555. The maximum absolute atomic E-state index is 13.5. The Bertz CT molecular complexity index is 648. The molecule has 0 radical (unpaired) electrons. The summed E-state index contributed by atoms with van der Waals surface area (Å²) in [6.07, 6.45) is -0.196. The highest BCUT2D eigenvalue weighted by Gasteiger charge is 2.51. The van der Waals surface area contributed by atoms with E-state index in [0.29, 0.717) is 31.6 Å². The van der Waals surface area contributed by atoms with Gasteiger partial charge in [-0.2, -0.15) is 0 Å². The van der Waals surface area contributed by atoms with E-state index in [1.54, 1.807) is 18.2 Å². The number of amides is 3. The van der Waals surface area contributed by atoms with Gasteiger partial charge in [0.25, 0.3) is 5.91 Å². The van der Waals surface area contributed by atoms with Crippen LogP contribution < -0.4 is 5.32 Å². The normalized spacial score (nSPS) is 20.8. The van der Waals surface area contributed by atoms with Gasteiger partial charge < -0.3 is 19.9 Å². The summed E-state index contributed by atoms with van der Waals surface area (Å²) in [4.78, 5) is 25.7. The first-order chi connectivity index (χ1) is 12.0. The molecule has 1 atom stereocenters. The minimum absolute atomic E-state index is 0.00511. The summed E-state index contributed by atoms with van der Waals surface area (Å²) in [5.74, 6) is -0.721. The third-order valence-electron chi connectivity index (χ3n) is 4.51. The van der Waals surface area contributed by atoms with Crippen LogP contribution in [0, 0.1) is 5.82 Å². The summed E-state index contributed by atoms with van der Waals surface area (Å²) < 4.78 is 24.0. The molecule has 2 fully saturated rings. The number of carbonyl (C=O) groups is 2. The highest BCUT2D eigenvalue weighted by molar-refractivity contribution is 6.07. The predicted octanol–water partition coefficient (Wildman–Crippen LogP) is 0.804. The number of ether oxygens (including phenoxy) is 2. The van der Waals surface area contributed by atoms with E-state index < -0.39 is 17.7 Å². The second kappa shape index (κ2) is 7.47. The Hall–Kier alpha value is -2.03. The van der Waals surface area contributed by atoms with Crippen LogP contribution in [-0.4, -0.2) is 60.0 Å². The highest BCUT2D eigenvalue weighted by Crippen LogP contribution is 2.28. The summed E-state index contributed by atoms with van der Waals surface area (Å²) in [6, 6.07) is 5.68. The van der Waals surface area contributed by atoms with E-state index in [1.807, 2.05) is 0 Å². The summed E-state index contributed by atoms with van der Waals surface area (Å²) in [5, 5.41) is 12.8. The molecule has 25 heavy (non-hydrogen) atoms. The number of aliphatic hydroxyl groups is 1. The molecule has 0 saturated carbocycles. The van der Waals surface area contributed by atoms with Crippen LogP contribution in [0.25, 0.3) is 0 Å². The molecule has 2 aliphatic rings. The molecule has 3 amide bonds. The van der Waals surface area contributed by atoms with Gasteiger partial charge in [0.2, 0.25) is 0 Å². The van der Waals surface area contributed by atoms with Gasteiger partial charge >= 0.3 is 6.03 Å². The van der Waals surface area contributed by atoms with Crippen molar-refractivity contribution in [3.63, 3.8) is 0 Å². The number of aliphatic hydroxyl groups excluding tert-OH is 1. The van der Waals surface area contributed by atoms with E-state index in [1.165, 1.54) is 6.07 Å². The molecule has 8 heteroatoms. The lowest BCUT2D eigenvalue weighted by Gasteiger charge is -2.30. The number of rotatable bonds is 6. The van der Waals surface area contributed by atoms with Gasteiger partial charge in [-0.25, -0.2) is 9.18 Å². The van der Waals surface area contributed by atoms with Crippen molar-refractivity contribution >= 4 is 11.9 Å². The number of nitrogens with zero attached hydrogens (tertiary/aromatic N) is 1. The minimum atomic E-state index is -1.04. The molecule has 1 spiro atoms. The molecule has 1 unspecified atom stereocenters. The largest absolute Gasteiger partial charge is 0.389 e. The molecule has 2 N–H and O–H groups in total. The summed E-state index contributed by atoms with van der Waals surface area (Å²) in [7, 11) is 0. The Balaban J connectivity index is 1.51. The number of benzene rings is 1. The predicted molar refractivity (Wildman–Crippen MR) is 85.1 cm³/mol. The lowest BCUT2D eigenvalue weighted by atomic mass is 9.90. The van der Waals surface area contributed by atoms with Crippen LogP contribution in [0.4, 0.5) is 9.18 Å². The van der Waals surface area contributed by atoms with E-state index >= 15 is 0 Å². The van der Waals surface area contributed by atoms with Gasteiger partial charge in [-0.1, -0.05) is 18.2 Å². The number of carbonyl (C=O) groups excluding carboxylic acids is 2. The summed E-state index contributed by atoms with van der Waals surface area (Å²) >= 11 is 0. The SMILES string of the molecule is O=C1NC2(CCOCC2)C(=O)N1CC(O)COCc1ccccc1F. The van der Waals surface area contributed by atoms with Crippen molar-refractivity contribution in [1.82, 2.24) is 10.2 Å². The fourth-order valence-corrected chi connectivity index (χ4v) is 3.08. The number of halogens is 1. The zero-order chi connectivity index (χ0) is 17.9. The average molecular weight is 352 g/mol. The van der Waals surface area contributed by atoms with Gasteiger partial charge in [-0.15, -0.1) is 0 Å². The molecule has 3 rings (SSSR count). The monoisotopic (exact) mass is 352 g/mol. The van der Waals surface area contributed by atoms with Crippen molar-refractivity contribution in [2.75, 3.05) is 26.4 Å². The Morgan fingerprint density at radius 2 is 2.04 bits per heavy atom. The van der Waals surface area contributed by atoms with Crippen LogP contribution in [0.3, 0.4) is 0 Å². The van der Waals surface area contributed by atoms with E-state index in [2.05, 4.69) is 5.32 Å². The molecule has 0 aliphatic carbocycles. The van der Waals surface area contributed by atoms with E-state index in [0.717, 1.165) is 4.90 Å². The van der Waals surface area contributed by atoms with Crippen LogP contribution >= 0.6 is 0 Å². The number of urea groups is 1. The number of nitrogens with one attached hydrogen (secondary N) is 1. The molecule has 2 saturated heterocycles. The minimum Gasteiger partial charge on any atom is -0.389 e. The maximum Gasteiger partial charge on any atom is 0.325 e. The molecular weight excluding hydrogens is 331 g/mol. The fraction of sp³-hybridized carbons (Fsp3) is 0.529. The van der Waals surface area contributed by atoms with Gasteiger partial charge in [-0.05, 0) is 6.07 Å². The second-order valence-electron chi connectivity index (χ2n) is 6.30. The number of β-amino-alcohol motifs (C(OH)–C–C–N with tert-alkyl or cyclic N) is 1. The Labute approximate surface area is 144 Å². The van der Waals surface area contributed by atoms with E-state index in [4.69, 9.17) is 9.47 Å². The van der Waals surface area contributed by atoms with Crippen LogP contribution in [0.2, 0.25) is 0 Å². The van der Waals surface area contributed by atoms with Gasteiger partial charge in [0, 0.05) is 31.6 Å². The second-order valence-corrected chi connectivity index (χ2v) is 6.30. The lowest BCUT2D eigenvalue weighted by Crippen LogP contribution is -2.51. The maximum atomic E-state index is 13.5. The smallest absolute Gasteiger partial charge is 0.325 e. The zero-order valence-corrected chi connectivity index (χ0v) is 13.7. The molecule has 136 valence electrons. The molecule has 0 aromatic heterocycles. The van der Waals surface area contributed by atoms with Crippen LogP contribution in [0.1, 0.15) is 18.4 Å². The molecule has 2 heterocycles. The van der Waals surface area contributed by atoms with E-state index in [9.17, 15) is 19.1 Å². The van der Waals surface area contributed by atoms with Crippen LogP contribution in [0.15, 0.2) is 24.3 Å².